The molecule has 20 heavy (non-hydrogen) atoms. The zero-order valence-corrected chi connectivity index (χ0v) is 10.7. The SMILES string of the molecule is O=C(O)C1Cc2ccccc2N1Cc1cncc(F)c1. The molecule has 0 spiro atoms. The van der Waals surface area contributed by atoms with Gasteiger partial charge in [-0.25, -0.2) is 9.18 Å². The molecule has 3 rings (SSSR count). The number of hydrogen-bond donors (Lipinski definition) is 1. The quantitative estimate of drug-likeness (QED) is 0.931. The van der Waals surface area contributed by atoms with E-state index in [9.17, 15) is 14.3 Å². The van der Waals surface area contributed by atoms with Crippen LogP contribution in [0.15, 0.2) is 42.7 Å². The summed E-state index contributed by atoms with van der Waals surface area (Å²) in [7, 11) is 0. The molecule has 2 heterocycles. The lowest BCUT2D eigenvalue weighted by molar-refractivity contribution is -0.138. The van der Waals surface area contributed by atoms with E-state index >= 15 is 0 Å². The molecule has 0 fully saturated rings. The maximum absolute atomic E-state index is 13.2. The Labute approximate surface area is 115 Å². The first kappa shape index (κ1) is 12.6. The van der Waals surface area contributed by atoms with E-state index < -0.39 is 17.8 Å². The first-order chi connectivity index (χ1) is 9.65. The van der Waals surface area contributed by atoms with Crippen LogP contribution in [-0.2, 0) is 17.8 Å². The second-order valence-electron chi connectivity index (χ2n) is 4.83. The van der Waals surface area contributed by atoms with Crippen LogP contribution >= 0.6 is 0 Å². The minimum Gasteiger partial charge on any atom is -0.480 e. The highest BCUT2D eigenvalue weighted by Gasteiger charge is 2.34. The number of halogens is 1. The van der Waals surface area contributed by atoms with Gasteiger partial charge in [0.05, 0.1) is 6.20 Å². The van der Waals surface area contributed by atoms with E-state index in [1.807, 2.05) is 24.3 Å². The van der Waals surface area contributed by atoms with Gasteiger partial charge in [-0.05, 0) is 23.3 Å². The second-order valence-corrected chi connectivity index (χ2v) is 4.83. The Morgan fingerprint density at radius 2 is 2.20 bits per heavy atom. The lowest BCUT2D eigenvalue weighted by atomic mass is 10.1. The first-order valence-corrected chi connectivity index (χ1v) is 6.32. The molecule has 1 aromatic carbocycles. The van der Waals surface area contributed by atoms with E-state index in [0.717, 1.165) is 17.4 Å². The van der Waals surface area contributed by atoms with Gasteiger partial charge in [0.1, 0.15) is 11.9 Å². The average Bonchev–Trinajstić information content (AvgIpc) is 2.78. The van der Waals surface area contributed by atoms with Crippen molar-refractivity contribution >= 4 is 11.7 Å². The molecule has 1 aliphatic heterocycles. The highest BCUT2D eigenvalue weighted by molar-refractivity contribution is 5.82. The van der Waals surface area contributed by atoms with Gasteiger partial charge in [-0.15, -0.1) is 0 Å². The van der Waals surface area contributed by atoms with Crippen LogP contribution in [0.2, 0.25) is 0 Å². The van der Waals surface area contributed by atoms with E-state index in [1.54, 1.807) is 11.1 Å². The van der Waals surface area contributed by atoms with Crippen LogP contribution in [0, 0.1) is 5.82 Å². The molecule has 0 amide bonds. The van der Waals surface area contributed by atoms with Crippen LogP contribution in [0.25, 0.3) is 0 Å². The summed E-state index contributed by atoms with van der Waals surface area (Å²) < 4.78 is 13.2. The molecule has 0 aliphatic carbocycles. The number of benzene rings is 1. The van der Waals surface area contributed by atoms with Crippen molar-refractivity contribution < 1.29 is 14.3 Å². The molecule has 1 aliphatic rings. The average molecular weight is 272 g/mol. The third kappa shape index (κ3) is 2.22. The van der Waals surface area contributed by atoms with Crippen LogP contribution < -0.4 is 4.90 Å². The van der Waals surface area contributed by atoms with Crippen LogP contribution in [0.5, 0.6) is 0 Å². The van der Waals surface area contributed by atoms with Gasteiger partial charge in [-0.1, -0.05) is 18.2 Å². The number of carbonyl (C=O) groups is 1. The summed E-state index contributed by atoms with van der Waals surface area (Å²) in [6.07, 6.45) is 3.16. The largest absolute Gasteiger partial charge is 0.480 e. The zero-order valence-electron chi connectivity index (χ0n) is 10.7. The summed E-state index contributed by atoms with van der Waals surface area (Å²) in [5.74, 6) is -1.28. The molecule has 0 saturated heterocycles. The van der Waals surface area contributed by atoms with Gasteiger partial charge in [0.25, 0.3) is 0 Å². The number of carboxylic acids is 1. The Morgan fingerprint density at radius 3 is 2.95 bits per heavy atom. The number of fused-ring (bicyclic) bond motifs is 1. The van der Waals surface area contributed by atoms with Gasteiger partial charge in [-0.2, -0.15) is 0 Å². The molecule has 1 atom stereocenters. The van der Waals surface area contributed by atoms with Crippen LogP contribution in [0.4, 0.5) is 10.1 Å². The van der Waals surface area contributed by atoms with Crippen molar-refractivity contribution in [2.24, 2.45) is 0 Å². The van der Waals surface area contributed by atoms with Crippen molar-refractivity contribution in [1.29, 1.82) is 0 Å². The van der Waals surface area contributed by atoms with Crippen LogP contribution in [0.3, 0.4) is 0 Å². The lowest BCUT2D eigenvalue weighted by Crippen LogP contribution is -2.38. The number of rotatable bonds is 3. The predicted octanol–water partition coefficient (Wildman–Crippen LogP) is 2.24. The molecule has 2 aromatic rings. The number of aromatic nitrogens is 1. The van der Waals surface area contributed by atoms with E-state index in [0.29, 0.717) is 18.5 Å². The van der Waals surface area contributed by atoms with Crippen molar-refractivity contribution in [3.63, 3.8) is 0 Å². The molecule has 1 aromatic heterocycles. The van der Waals surface area contributed by atoms with Crippen molar-refractivity contribution in [2.45, 2.75) is 19.0 Å². The van der Waals surface area contributed by atoms with Crippen molar-refractivity contribution in [2.75, 3.05) is 4.90 Å². The van der Waals surface area contributed by atoms with Crippen LogP contribution in [0.1, 0.15) is 11.1 Å². The van der Waals surface area contributed by atoms with E-state index in [4.69, 9.17) is 0 Å². The van der Waals surface area contributed by atoms with Gasteiger partial charge in [0.15, 0.2) is 0 Å². The summed E-state index contributed by atoms with van der Waals surface area (Å²) in [5.41, 5.74) is 2.56. The molecule has 4 nitrogen and oxygen atoms in total. The molecule has 0 bridgehead atoms. The van der Waals surface area contributed by atoms with Crippen LogP contribution in [-0.4, -0.2) is 22.1 Å². The Balaban J connectivity index is 1.94. The van der Waals surface area contributed by atoms with Gasteiger partial charge < -0.3 is 10.0 Å². The third-order valence-corrected chi connectivity index (χ3v) is 3.49. The highest BCUT2D eigenvalue weighted by atomic mass is 19.1. The number of pyridine rings is 1. The fraction of sp³-hybridized carbons (Fsp3) is 0.200. The Hall–Kier alpha value is -2.43. The summed E-state index contributed by atoms with van der Waals surface area (Å²) in [4.78, 5) is 17.0. The topological polar surface area (TPSA) is 53.4 Å². The number of hydrogen-bond acceptors (Lipinski definition) is 3. The van der Waals surface area contributed by atoms with E-state index in [1.165, 1.54) is 6.07 Å². The Morgan fingerprint density at radius 1 is 1.40 bits per heavy atom. The minimum absolute atomic E-state index is 0.332. The molecular weight excluding hydrogens is 259 g/mol. The van der Waals surface area contributed by atoms with E-state index in [2.05, 4.69) is 4.98 Å². The van der Waals surface area contributed by atoms with Crippen molar-refractivity contribution in [3.8, 4) is 0 Å². The maximum atomic E-state index is 13.2. The second kappa shape index (κ2) is 4.92. The lowest BCUT2D eigenvalue weighted by Gasteiger charge is -2.24. The maximum Gasteiger partial charge on any atom is 0.326 e. The Kier molecular flexibility index (Phi) is 3.10. The summed E-state index contributed by atoms with van der Waals surface area (Å²) in [5, 5.41) is 9.36. The van der Waals surface area contributed by atoms with Gasteiger partial charge in [0, 0.05) is 24.8 Å². The standard InChI is InChI=1S/C15H13FN2O2/c16-12-5-10(7-17-8-12)9-18-13-4-2-1-3-11(13)6-14(18)15(19)20/h1-5,7-8,14H,6,9H2,(H,19,20). The Bertz CT molecular complexity index is 660. The number of carboxylic acid groups (broad SMARTS) is 1. The molecule has 102 valence electrons. The zero-order chi connectivity index (χ0) is 14.1. The number of anilines is 1. The van der Waals surface area contributed by atoms with E-state index in [-0.39, 0.29) is 0 Å². The summed E-state index contributed by atoms with van der Waals surface area (Å²) in [6.45, 7) is 0.332. The fourth-order valence-corrected chi connectivity index (χ4v) is 2.61. The molecule has 1 N–H and O–H groups in total. The molecule has 1 unspecified atom stereocenters. The predicted molar refractivity (Wildman–Crippen MR) is 71.9 cm³/mol. The minimum atomic E-state index is -0.870. The number of aliphatic carboxylic acids is 1. The normalized spacial score (nSPS) is 17.1. The highest BCUT2D eigenvalue weighted by Crippen LogP contribution is 2.33. The monoisotopic (exact) mass is 272 g/mol. The molecule has 0 radical (unpaired) electrons. The molecule has 0 saturated carbocycles. The number of para-hydroxylation sites is 1. The molecular formula is C15H13FN2O2. The first-order valence-electron chi connectivity index (χ1n) is 6.32. The van der Waals surface area contributed by atoms with Gasteiger partial charge in [0.2, 0.25) is 0 Å². The van der Waals surface area contributed by atoms with Crippen molar-refractivity contribution in [3.05, 3.63) is 59.7 Å². The smallest absolute Gasteiger partial charge is 0.326 e. The third-order valence-electron chi connectivity index (χ3n) is 3.49. The number of nitrogens with zero attached hydrogens (tertiary/aromatic N) is 2. The van der Waals surface area contributed by atoms with Gasteiger partial charge >= 0.3 is 5.97 Å². The molecule has 5 heteroatoms. The van der Waals surface area contributed by atoms with Gasteiger partial charge in [-0.3, -0.25) is 4.98 Å². The van der Waals surface area contributed by atoms with Crippen molar-refractivity contribution in [1.82, 2.24) is 4.98 Å². The summed E-state index contributed by atoms with van der Waals surface area (Å²) >= 11 is 0. The fourth-order valence-electron chi connectivity index (χ4n) is 2.61. The summed E-state index contributed by atoms with van der Waals surface area (Å²) in [6, 6.07) is 8.35.